The van der Waals surface area contributed by atoms with Gasteiger partial charge in [0, 0.05) is 22.3 Å². The van der Waals surface area contributed by atoms with Gasteiger partial charge in [-0.2, -0.15) is 0 Å². The number of para-hydroxylation sites is 1. The molecule has 0 N–H and O–H groups in total. The molecule has 4 nitrogen and oxygen atoms in total. The fourth-order valence-corrected chi connectivity index (χ4v) is 4.69. The molecule has 2 heterocycles. The maximum atomic E-state index is 4.84. The number of hydrogen-bond donors (Lipinski definition) is 0. The molecule has 156 valence electrons. The molecule has 4 aromatic carbocycles. The monoisotopic (exact) mass is 442 g/mol. The van der Waals surface area contributed by atoms with E-state index in [1.807, 2.05) is 91.0 Å². The molecular weight excluding hydrogens is 424 g/mol. The number of thiazole rings is 1. The van der Waals surface area contributed by atoms with Gasteiger partial charge in [0.15, 0.2) is 17.5 Å². The Balaban J connectivity index is 1.49. The number of benzene rings is 4. The third kappa shape index (κ3) is 3.90. The molecule has 0 atom stereocenters. The Morgan fingerprint density at radius 2 is 0.939 bits per heavy atom. The molecule has 2 aromatic heterocycles. The van der Waals surface area contributed by atoms with Crippen LogP contribution in [-0.2, 0) is 0 Å². The summed E-state index contributed by atoms with van der Waals surface area (Å²) in [6.07, 6.45) is 0. The number of fused-ring (bicyclic) bond motifs is 1. The summed E-state index contributed by atoms with van der Waals surface area (Å²) in [4.78, 5) is 19.3. The van der Waals surface area contributed by atoms with Crippen LogP contribution < -0.4 is 0 Å². The molecule has 0 saturated carbocycles. The van der Waals surface area contributed by atoms with Crippen LogP contribution >= 0.6 is 11.3 Å². The number of aromatic nitrogens is 4. The normalized spacial score (nSPS) is 11.0. The average Bonchev–Trinajstić information content (AvgIpc) is 3.34. The molecule has 0 spiro atoms. The predicted molar refractivity (Wildman–Crippen MR) is 135 cm³/mol. The van der Waals surface area contributed by atoms with Crippen molar-refractivity contribution >= 4 is 21.6 Å². The lowest BCUT2D eigenvalue weighted by Gasteiger charge is -2.09. The summed E-state index contributed by atoms with van der Waals surface area (Å²) in [6, 6.07) is 36.5. The van der Waals surface area contributed by atoms with Gasteiger partial charge in [-0.1, -0.05) is 91.0 Å². The van der Waals surface area contributed by atoms with Gasteiger partial charge in [-0.3, -0.25) is 0 Å². The van der Waals surface area contributed by atoms with Gasteiger partial charge < -0.3 is 0 Å². The van der Waals surface area contributed by atoms with Crippen molar-refractivity contribution in [3.05, 3.63) is 109 Å². The van der Waals surface area contributed by atoms with Crippen LogP contribution in [-0.4, -0.2) is 19.9 Å². The first-order valence-electron chi connectivity index (χ1n) is 10.7. The van der Waals surface area contributed by atoms with Crippen molar-refractivity contribution in [2.75, 3.05) is 0 Å². The summed E-state index contributed by atoms with van der Waals surface area (Å²) < 4.78 is 1.18. The highest BCUT2D eigenvalue weighted by Gasteiger charge is 2.13. The number of rotatable bonds is 4. The van der Waals surface area contributed by atoms with Crippen LogP contribution in [0.4, 0.5) is 0 Å². The molecule has 0 amide bonds. The molecule has 6 rings (SSSR count). The van der Waals surface area contributed by atoms with Gasteiger partial charge in [-0.25, -0.2) is 19.9 Å². The molecule has 6 aromatic rings. The van der Waals surface area contributed by atoms with Crippen molar-refractivity contribution in [1.29, 1.82) is 0 Å². The Bertz CT molecular complexity index is 1470. The molecule has 33 heavy (non-hydrogen) atoms. The summed E-state index contributed by atoms with van der Waals surface area (Å²) in [6.45, 7) is 0. The maximum Gasteiger partial charge on any atom is 0.164 e. The van der Waals surface area contributed by atoms with E-state index in [2.05, 4.69) is 18.2 Å². The van der Waals surface area contributed by atoms with Crippen LogP contribution in [0.3, 0.4) is 0 Å². The first kappa shape index (κ1) is 19.5. The molecule has 0 aliphatic heterocycles. The van der Waals surface area contributed by atoms with Crippen LogP contribution in [0.5, 0.6) is 0 Å². The van der Waals surface area contributed by atoms with E-state index in [4.69, 9.17) is 19.9 Å². The van der Waals surface area contributed by atoms with Gasteiger partial charge >= 0.3 is 0 Å². The zero-order chi connectivity index (χ0) is 22.0. The Kier molecular flexibility index (Phi) is 4.94. The van der Waals surface area contributed by atoms with Crippen molar-refractivity contribution < 1.29 is 0 Å². The lowest BCUT2D eigenvalue weighted by molar-refractivity contribution is 1.07. The molecule has 5 heteroatoms. The van der Waals surface area contributed by atoms with Crippen LogP contribution in [0, 0.1) is 0 Å². The van der Waals surface area contributed by atoms with E-state index in [-0.39, 0.29) is 0 Å². The van der Waals surface area contributed by atoms with Crippen molar-refractivity contribution in [1.82, 2.24) is 19.9 Å². The summed E-state index contributed by atoms with van der Waals surface area (Å²) >= 11 is 1.69. The van der Waals surface area contributed by atoms with Crippen molar-refractivity contribution in [3.8, 4) is 44.7 Å². The van der Waals surface area contributed by atoms with Crippen LogP contribution in [0.25, 0.3) is 55.0 Å². The van der Waals surface area contributed by atoms with Gasteiger partial charge in [-0.15, -0.1) is 11.3 Å². The van der Waals surface area contributed by atoms with Gasteiger partial charge in [0.25, 0.3) is 0 Å². The summed E-state index contributed by atoms with van der Waals surface area (Å²) in [5, 5.41) is 0.985. The van der Waals surface area contributed by atoms with E-state index in [1.165, 1.54) is 4.70 Å². The Morgan fingerprint density at radius 3 is 1.58 bits per heavy atom. The van der Waals surface area contributed by atoms with Crippen molar-refractivity contribution in [3.63, 3.8) is 0 Å². The molecule has 0 fully saturated rings. The minimum absolute atomic E-state index is 0.644. The first-order chi connectivity index (χ1) is 16.3. The van der Waals surface area contributed by atoms with Crippen molar-refractivity contribution in [2.45, 2.75) is 0 Å². The Labute approximate surface area is 195 Å². The van der Waals surface area contributed by atoms with Gasteiger partial charge in [-0.05, 0) is 18.2 Å². The van der Waals surface area contributed by atoms with E-state index in [0.717, 1.165) is 32.8 Å². The smallest absolute Gasteiger partial charge is 0.164 e. The molecule has 0 aliphatic carbocycles. The average molecular weight is 443 g/mol. The van der Waals surface area contributed by atoms with Gasteiger partial charge in [0.1, 0.15) is 5.01 Å². The molecular formula is C28H18N4S. The van der Waals surface area contributed by atoms with E-state index in [1.54, 1.807) is 11.3 Å². The Hall–Kier alpha value is -4.22. The van der Waals surface area contributed by atoms with E-state index in [9.17, 15) is 0 Å². The van der Waals surface area contributed by atoms with Crippen LogP contribution in [0.1, 0.15) is 0 Å². The fourth-order valence-electron chi connectivity index (χ4n) is 3.72. The zero-order valence-electron chi connectivity index (χ0n) is 17.6. The SMILES string of the molecule is c1ccc(-c2nc(-c3ccccc3)nc(-c3cccc(-c4nc5ccccc5s4)c3)n2)cc1. The Morgan fingerprint density at radius 1 is 0.424 bits per heavy atom. The minimum Gasteiger partial charge on any atom is -0.236 e. The van der Waals surface area contributed by atoms with Gasteiger partial charge in [0.05, 0.1) is 10.2 Å². The van der Waals surface area contributed by atoms with Crippen LogP contribution in [0.15, 0.2) is 109 Å². The third-order valence-electron chi connectivity index (χ3n) is 5.36. The maximum absolute atomic E-state index is 4.84. The highest BCUT2D eigenvalue weighted by Crippen LogP contribution is 2.32. The lowest BCUT2D eigenvalue weighted by atomic mass is 10.1. The predicted octanol–water partition coefficient (Wildman–Crippen LogP) is 7.15. The highest BCUT2D eigenvalue weighted by atomic mass is 32.1. The second-order valence-corrected chi connectivity index (χ2v) is 8.64. The standard InChI is InChI=1S/C28H18N4S/c1-3-10-19(11-4-1)25-30-26(20-12-5-2-6-13-20)32-27(31-25)21-14-9-15-22(18-21)28-29-23-16-7-8-17-24(23)33-28/h1-18H. The molecule has 0 radical (unpaired) electrons. The largest absolute Gasteiger partial charge is 0.236 e. The van der Waals surface area contributed by atoms with E-state index < -0.39 is 0 Å². The second kappa shape index (κ2) is 8.37. The third-order valence-corrected chi connectivity index (χ3v) is 6.45. The molecule has 0 saturated heterocycles. The summed E-state index contributed by atoms with van der Waals surface area (Å²) in [7, 11) is 0. The first-order valence-corrected chi connectivity index (χ1v) is 11.5. The second-order valence-electron chi connectivity index (χ2n) is 7.61. The van der Waals surface area contributed by atoms with E-state index >= 15 is 0 Å². The van der Waals surface area contributed by atoms with Crippen molar-refractivity contribution in [2.24, 2.45) is 0 Å². The summed E-state index contributed by atoms with van der Waals surface area (Å²) in [5.41, 5.74) is 4.92. The molecule has 0 unspecified atom stereocenters. The number of hydrogen-bond acceptors (Lipinski definition) is 5. The molecule has 0 aliphatic rings. The van der Waals surface area contributed by atoms with Gasteiger partial charge in [0.2, 0.25) is 0 Å². The molecule has 0 bridgehead atoms. The topological polar surface area (TPSA) is 51.6 Å². The zero-order valence-corrected chi connectivity index (χ0v) is 18.4. The fraction of sp³-hybridized carbons (Fsp3) is 0. The summed E-state index contributed by atoms with van der Waals surface area (Å²) in [5.74, 6) is 1.96. The minimum atomic E-state index is 0.644. The van der Waals surface area contributed by atoms with Crippen LogP contribution in [0.2, 0.25) is 0 Å². The van der Waals surface area contributed by atoms with E-state index in [0.29, 0.717) is 17.5 Å². The highest BCUT2D eigenvalue weighted by molar-refractivity contribution is 7.21. The number of nitrogens with zero attached hydrogens (tertiary/aromatic N) is 4. The lowest BCUT2D eigenvalue weighted by Crippen LogP contribution is -2.00. The quantitative estimate of drug-likeness (QED) is 0.291.